The van der Waals surface area contributed by atoms with E-state index in [0.717, 1.165) is 11.6 Å². The zero-order valence-corrected chi connectivity index (χ0v) is 21.0. The predicted octanol–water partition coefficient (Wildman–Crippen LogP) is 7.34. The highest BCUT2D eigenvalue weighted by molar-refractivity contribution is 7.15. The van der Waals surface area contributed by atoms with Crippen LogP contribution in [0.15, 0.2) is 78.9 Å². The standard InChI is InChI=1S/C27H19Cl2F2NO3S/c28-18-6-8-22(23(29)13-18)26(33)32(24(27(34)35)10-16-4-2-1-3-5-16)15-21-7-9-25(36-21)17-11-19(30)14-20(31)12-17/h1-9,11-14,24H,10,15H2,(H,34,35). The Hall–Kier alpha value is -3.26. The van der Waals surface area contributed by atoms with E-state index < -0.39 is 29.6 Å². The van der Waals surface area contributed by atoms with Gasteiger partial charge < -0.3 is 10.0 Å². The molecule has 0 fully saturated rings. The van der Waals surface area contributed by atoms with Crippen molar-refractivity contribution in [2.75, 3.05) is 0 Å². The minimum Gasteiger partial charge on any atom is -0.480 e. The molecule has 1 heterocycles. The van der Waals surface area contributed by atoms with Gasteiger partial charge in [0.15, 0.2) is 0 Å². The molecule has 1 amide bonds. The Morgan fingerprint density at radius 2 is 1.61 bits per heavy atom. The maximum atomic E-state index is 13.7. The number of benzene rings is 3. The minimum atomic E-state index is -1.20. The lowest BCUT2D eigenvalue weighted by atomic mass is 10.0. The number of aliphatic carboxylic acids is 1. The van der Waals surface area contributed by atoms with E-state index in [1.165, 1.54) is 46.6 Å². The summed E-state index contributed by atoms with van der Waals surface area (Å²) in [6.45, 7) is -0.0515. The summed E-state index contributed by atoms with van der Waals surface area (Å²) >= 11 is 13.5. The first-order chi connectivity index (χ1) is 17.2. The van der Waals surface area contributed by atoms with Crippen LogP contribution in [0, 0.1) is 11.6 Å². The van der Waals surface area contributed by atoms with Gasteiger partial charge in [0.2, 0.25) is 0 Å². The fraction of sp³-hybridized carbons (Fsp3) is 0.111. The van der Waals surface area contributed by atoms with Gasteiger partial charge in [0.05, 0.1) is 17.1 Å². The second-order valence-corrected chi connectivity index (χ2v) is 10.0. The molecule has 3 aromatic carbocycles. The van der Waals surface area contributed by atoms with Crippen molar-refractivity contribution >= 4 is 46.4 Å². The molecule has 0 aliphatic rings. The normalized spacial score (nSPS) is 11.8. The topological polar surface area (TPSA) is 57.6 Å². The summed E-state index contributed by atoms with van der Waals surface area (Å²) in [5.41, 5.74) is 1.21. The summed E-state index contributed by atoms with van der Waals surface area (Å²) in [6, 6.07) is 18.7. The van der Waals surface area contributed by atoms with Gasteiger partial charge in [0.1, 0.15) is 17.7 Å². The number of rotatable bonds is 8. The van der Waals surface area contributed by atoms with Crippen molar-refractivity contribution in [3.8, 4) is 10.4 Å². The molecule has 1 unspecified atom stereocenters. The number of hydrogen-bond acceptors (Lipinski definition) is 3. The van der Waals surface area contributed by atoms with E-state index in [1.807, 2.05) is 6.07 Å². The third-order valence-electron chi connectivity index (χ3n) is 5.49. The van der Waals surface area contributed by atoms with Gasteiger partial charge in [0.25, 0.3) is 5.91 Å². The minimum absolute atomic E-state index is 0.0515. The molecule has 0 spiro atoms. The van der Waals surface area contributed by atoms with Gasteiger partial charge >= 0.3 is 5.97 Å². The predicted molar refractivity (Wildman–Crippen MR) is 138 cm³/mol. The Balaban J connectivity index is 1.71. The second kappa shape index (κ2) is 11.2. The van der Waals surface area contributed by atoms with Crippen molar-refractivity contribution < 1.29 is 23.5 Å². The fourth-order valence-electron chi connectivity index (χ4n) is 3.79. The number of carbonyl (C=O) groups is 2. The molecule has 0 bridgehead atoms. The summed E-state index contributed by atoms with van der Waals surface area (Å²) in [7, 11) is 0. The number of nitrogens with zero attached hydrogens (tertiary/aromatic N) is 1. The maximum absolute atomic E-state index is 13.7. The van der Waals surface area contributed by atoms with Crippen LogP contribution in [0.25, 0.3) is 10.4 Å². The molecule has 1 aromatic heterocycles. The molecule has 1 N–H and O–H groups in total. The number of carboxylic acids is 1. The average Bonchev–Trinajstić information content (AvgIpc) is 3.30. The number of thiophene rings is 1. The maximum Gasteiger partial charge on any atom is 0.326 e. The summed E-state index contributed by atoms with van der Waals surface area (Å²) in [5.74, 6) is -3.17. The Morgan fingerprint density at radius 1 is 0.917 bits per heavy atom. The van der Waals surface area contributed by atoms with Crippen molar-refractivity contribution in [1.29, 1.82) is 0 Å². The van der Waals surface area contributed by atoms with Gasteiger partial charge in [-0.15, -0.1) is 11.3 Å². The summed E-state index contributed by atoms with van der Waals surface area (Å²) in [5, 5.41) is 10.5. The van der Waals surface area contributed by atoms with Gasteiger partial charge in [-0.05, 0) is 53.6 Å². The molecule has 4 nitrogen and oxygen atoms in total. The molecule has 1 atom stereocenters. The lowest BCUT2D eigenvalue weighted by molar-refractivity contribution is -0.142. The molecule has 0 saturated heterocycles. The van der Waals surface area contributed by atoms with E-state index >= 15 is 0 Å². The monoisotopic (exact) mass is 545 g/mol. The van der Waals surface area contributed by atoms with E-state index in [1.54, 1.807) is 36.4 Å². The third kappa shape index (κ3) is 6.10. The number of carboxylic acid groups (broad SMARTS) is 1. The largest absolute Gasteiger partial charge is 0.480 e. The van der Waals surface area contributed by atoms with Crippen molar-refractivity contribution in [2.24, 2.45) is 0 Å². The van der Waals surface area contributed by atoms with Crippen LogP contribution in [-0.2, 0) is 17.8 Å². The van der Waals surface area contributed by atoms with Crippen LogP contribution in [0.4, 0.5) is 8.78 Å². The van der Waals surface area contributed by atoms with Crippen LogP contribution in [0.5, 0.6) is 0 Å². The first kappa shape index (κ1) is 25.8. The van der Waals surface area contributed by atoms with E-state index in [0.29, 0.717) is 20.3 Å². The smallest absolute Gasteiger partial charge is 0.326 e. The molecule has 9 heteroatoms. The highest BCUT2D eigenvalue weighted by Gasteiger charge is 2.32. The van der Waals surface area contributed by atoms with Gasteiger partial charge in [0, 0.05) is 27.3 Å². The van der Waals surface area contributed by atoms with Crippen LogP contribution in [0.3, 0.4) is 0 Å². The average molecular weight is 546 g/mol. The number of hydrogen-bond donors (Lipinski definition) is 1. The van der Waals surface area contributed by atoms with Crippen LogP contribution in [0.1, 0.15) is 20.8 Å². The van der Waals surface area contributed by atoms with Crippen LogP contribution < -0.4 is 0 Å². The Bertz CT molecular complexity index is 1390. The van der Waals surface area contributed by atoms with Gasteiger partial charge in [-0.3, -0.25) is 4.79 Å². The molecule has 0 radical (unpaired) electrons. The van der Waals surface area contributed by atoms with Crippen molar-refractivity contribution in [2.45, 2.75) is 19.0 Å². The SMILES string of the molecule is O=C(O)C(Cc1ccccc1)N(Cc1ccc(-c2cc(F)cc(F)c2)s1)C(=O)c1ccc(Cl)cc1Cl. The lowest BCUT2D eigenvalue weighted by Gasteiger charge is -2.29. The molecule has 36 heavy (non-hydrogen) atoms. The summed E-state index contributed by atoms with van der Waals surface area (Å²) in [4.78, 5) is 28.5. The molecule has 0 saturated carbocycles. The number of amides is 1. The Morgan fingerprint density at radius 3 is 2.25 bits per heavy atom. The van der Waals surface area contributed by atoms with Crippen molar-refractivity contribution in [3.63, 3.8) is 0 Å². The lowest BCUT2D eigenvalue weighted by Crippen LogP contribution is -2.46. The zero-order valence-electron chi connectivity index (χ0n) is 18.6. The Kier molecular flexibility index (Phi) is 8.04. The van der Waals surface area contributed by atoms with Crippen LogP contribution in [0.2, 0.25) is 10.0 Å². The van der Waals surface area contributed by atoms with Gasteiger partial charge in [-0.2, -0.15) is 0 Å². The quantitative estimate of drug-likeness (QED) is 0.252. The van der Waals surface area contributed by atoms with Crippen molar-refractivity contribution in [3.05, 3.63) is 117 Å². The third-order valence-corrected chi connectivity index (χ3v) is 7.16. The highest BCUT2D eigenvalue weighted by atomic mass is 35.5. The molecule has 0 aliphatic carbocycles. The van der Waals surface area contributed by atoms with Gasteiger partial charge in [-0.25, -0.2) is 13.6 Å². The van der Waals surface area contributed by atoms with Gasteiger partial charge in [-0.1, -0.05) is 53.5 Å². The van der Waals surface area contributed by atoms with E-state index in [2.05, 4.69) is 0 Å². The fourth-order valence-corrected chi connectivity index (χ4v) is 5.27. The second-order valence-electron chi connectivity index (χ2n) is 8.03. The number of halogens is 4. The van der Waals surface area contributed by atoms with Crippen LogP contribution in [-0.4, -0.2) is 27.9 Å². The molecule has 4 aromatic rings. The van der Waals surface area contributed by atoms with E-state index in [-0.39, 0.29) is 23.6 Å². The first-order valence-corrected chi connectivity index (χ1v) is 12.4. The highest BCUT2D eigenvalue weighted by Crippen LogP contribution is 2.32. The molecule has 0 aliphatic heterocycles. The Labute approximate surface area is 220 Å². The van der Waals surface area contributed by atoms with Crippen LogP contribution >= 0.6 is 34.5 Å². The molecule has 4 rings (SSSR count). The van der Waals surface area contributed by atoms with E-state index in [9.17, 15) is 23.5 Å². The molecule has 184 valence electrons. The molecular formula is C27H19Cl2F2NO3S. The first-order valence-electron chi connectivity index (χ1n) is 10.8. The molecular weight excluding hydrogens is 527 g/mol. The zero-order chi connectivity index (χ0) is 25.8. The summed E-state index contributed by atoms with van der Waals surface area (Å²) in [6.07, 6.45) is 0.0699. The number of carbonyl (C=O) groups excluding carboxylic acids is 1. The van der Waals surface area contributed by atoms with Crippen molar-refractivity contribution in [1.82, 2.24) is 4.90 Å². The van der Waals surface area contributed by atoms with E-state index in [4.69, 9.17) is 23.2 Å². The summed E-state index contributed by atoms with van der Waals surface area (Å²) < 4.78 is 27.4.